The van der Waals surface area contributed by atoms with Gasteiger partial charge in [-0.2, -0.15) is 0 Å². The highest BCUT2D eigenvalue weighted by atomic mass is 16.6. The Morgan fingerprint density at radius 2 is 2.24 bits per heavy atom. The number of hydrogen-bond donors (Lipinski definition) is 1. The molecule has 6 heteroatoms. The summed E-state index contributed by atoms with van der Waals surface area (Å²) in [5, 5.41) is 11.0. The van der Waals surface area contributed by atoms with Crippen molar-refractivity contribution in [2.24, 2.45) is 0 Å². The summed E-state index contributed by atoms with van der Waals surface area (Å²) in [4.78, 5) is 17.6. The fraction of sp³-hybridized carbons (Fsp3) is 0.182. The molecule has 1 N–H and O–H groups in total. The summed E-state index contributed by atoms with van der Waals surface area (Å²) in [6, 6.07) is 4.67. The van der Waals surface area contributed by atoms with Crippen LogP contribution < -0.4 is 4.74 Å². The van der Waals surface area contributed by atoms with Crippen molar-refractivity contribution in [2.45, 2.75) is 6.92 Å². The van der Waals surface area contributed by atoms with Crippen molar-refractivity contribution in [2.75, 3.05) is 7.11 Å². The maximum absolute atomic E-state index is 11.0. The Hall–Kier alpha value is -2.37. The van der Waals surface area contributed by atoms with E-state index in [9.17, 15) is 10.1 Å². The second-order valence-corrected chi connectivity index (χ2v) is 3.56. The molecule has 0 fully saturated rings. The van der Waals surface area contributed by atoms with Crippen molar-refractivity contribution in [1.29, 1.82) is 0 Å². The van der Waals surface area contributed by atoms with E-state index in [-0.39, 0.29) is 5.69 Å². The fourth-order valence-electron chi connectivity index (χ4n) is 1.54. The van der Waals surface area contributed by atoms with E-state index >= 15 is 0 Å². The molecule has 0 saturated carbocycles. The van der Waals surface area contributed by atoms with Crippen LogP contribution in [0.1, 0.15) is 5.69 Å². The summed E-state index contributed by atoms with van der Waals surface area (Å²) >= 11 is 0. The van der Waals surface area contributed by atoms with Crippen molar-refractivity contribution in [3.05, 3.63) is 40.2 Å². The van der Waals surface area contributed by atoms with Crippen molar-refractivity contribution in [1.82, 2.24) is 9.97 Å². The average Bonchev–Trinajstić information content (AvgIpc) is 2.75. The van der Waals surface area contributed by atoms with Gasteiger partial charge in [-0.05, 0) is 19.1 Å². The first-order chi connectivity index (χ1) is 8.11. The van der Waals surface area contributed by atoms with Crippen LogP contribution in [0, 0.1) is 17.0 Å². The minimum absolute atomic E-state index is 0.0290. The number of aryl methyl sites for hydroxylation is 1. The SMILES string of the molecule is COc1ccc(-c2ncc(C)[nH]2)c([N+](=O)[O-])c1. The Morgan fingerprint density at radius 1 is 1.47 bits per heavy atom. The highest BCUT2D eigenvalue weighted by Gasteiger charge is 2.18. The summed E-state index contributed by atoms with van der Waals surface area (Å²) in [5.41, 5.74) is 1.27. The maximum Gasteiger partial charge on any atom is 0.284 e. The van der Waals surface area contributed by atoms with Gasteiger partial charge in [0, 0.05) is 11.9 Å². The van der Waals surface area contributed by atoms with E-state index in [1.54, 1.807) is 18.3 Å². The van der Waals surface area contributed by atoms with Gasteiger partial charge in [-0.1, -0.05) is 0 Å². The third-order valence-corrected chi connectivity index (χ3v) is 2.36. The monoisotopic (exact) mass is 233 g/mol. The summed E-state index contributed by atoms with van der Waals surface area (Å²) in [6.45, 7) is 1.84. The molecule has 0 saturated heterocycles. The van der Waals surface area contributed by atoms with Gasteiger partial charge in [0.15, 0.2) is 0 Å². The normalized spacial score (nSPS) is 10.2. The van der Waals surface area contributed by atoms with Crippen LogP contribution in [-0.2, 0) is 0 Å². The largest absolute Gasteiger partial charge is 0.497 e. The van der Waals surface area contributed by atoms with Crippen LogP contribution in [-0.4, -0.2) is 22.0 Å². The summed E-state index contributed by atoms with van der Waals surface area (Å²) in [6.07, 6.45) is 1.63. The summed E-state index contributed by atoms with van der Waals surface area (Å²) < 4.78 is 4.97. The molecule has 0 aliphatic carbocycles. The number of rotatable bonds is 3. The van der Waals surface area contributed by atoms with Gasteiger partial charge in [-0.3, -0.25) is 10.1 Å². The van der Waals surface area contributed by atoms with E-state index in [2.05, 4.69) is 9.97 Å². The van der Waals surface area contributed by atoms with Crippen molar-refractivity contribution in [3.63, 3.8) is 0 Å². The zero-order valence-electron chi connectivity index (χ0n) is 9.43. The molecule has 1 heterocycles. The van der Waals surface area contributed by atoms with Gasteiger partial charge >= 0.3 is 0 Å². The lowest BCUT2D eigenvalue weighted by Gasteiger charge is -2.03. The van der Waals surface area contributed by atoms with Crippen LogP contribution in [0.4, 0.5) is 5.69 Å². The number of nitrogens with one attached hydrogen (secondary N) is 1. The second-order valence-electron chi connectivity index (χ2n) is 3.56. The number of aromatic nitrogens is 2. The standard InChI is InChI=1S/C11H11N3O3/c1-7-6-12-11(13-7)9-4-3-8(17-2)5-10(9)14(15)16/h3-6H,1-2H3,(H,12,13). The van der Waals surface area contributed by atoms with E-state index in [1.165, 1.54) is 13.2 Å². The first-order valence-electron chi connectivity index (χ1n) is 4.96. The Labute approximate surface area is 97.4 Å². The number of benzene rings is 1. The highest BCUT2D eigenvalue weighted by molar-refractivity contribution is 5.69. The first-order valence-corrected chi connectivity index (χ1v) is 4.96. The van der Waals surface area contributed by atoms with Crippen LogP contribution in [0.5, 0.6) is 5.75 Å². The number of imidazole rings is 1. The van der Waals surface area contributed by atoms with Crippen molar-refractivity contribution >= 4 is 5.69 Å². The Balaban J connectivity index is 2.57. The Bertz CT molecular complexity index is 563. The van der Waals surface area contributed by atoms with Gasteiger partial charge < -0.3 is 9.72 Å². The van der Waals surface area contributed by atoms with Crippen molar-refractivity contribution < 1.29 is 9.66 Å². The smallest absolute Gasteiger partial charge is 0.284 e. The predicted molar refractivity (Wildman–Crippen MR) is 62.0 cm³/mol. The van der Waals surface area contributed by atoms with Gasteiger partial charge in [0.05, 0.1) is 23.7 Å². The van der Waals surface area contributed by atoms with Crippen LogP contribution in [0.2, 0.25) is 0 Å². The number of nitrogens with zero attached hydrogens (tertiary/aromatic N) is 2. The molecule has 0 spiro atoms. The van der Waals surface area contributed by atoms with E-state index in [0.29, 0.717) is 17.1 Å². The average molecular weight is 233 g/mol. The molecule has 0 radical (unpaired) electrons. The summed E-state index contributed by atoms with van der Waals surface area (Å²) in [7, 11) is 1.47. The third kappa shape index (κ3) is 2.10. The number of H-pyrrole nitrogens is 1. The zero-order valence-corrected chi connectivity index (χ0v) is 9.43. The van der Waals surface area contributed by atoms with Crippen molar-refractivity contribution in [3.8, 4) is 17.1 Å². The highest BCUT2D eigenvalue weighted by Crippen LogP contribution is 2.31. The third-order valence-electron chi connectivity index (χ3n) is 2.36. The molecule has 0 atom stereocenters. The number of methoxy groups -OCH3 is 1. The topological polar surface area (TPSA) is 81.0 Å². The zero-order chi connectivity index (χ0) is 12.4. The molecule has 0 bridgehead atoms. The number of aromatic amines is 1. The van der Waals surface area contributed by atoms with Gasteiger partial charge in [0.25, 0.3) is 5.69 Å². The lowest BCUT2D eigenvalue weighted by Crippen LogP contribution is -1.94. The second kappa shape index (κ2) is 4.25. The molecular weight excluding hydrogens is 222 g/mol. The van der Waals surface area contributed by atoms with Gasteiger partial charge in [-0.15, -0.1) is 0 Å². The molecule has 1 aromatic heterocycles. The predicted octanol–water partition coefficient (Wildman–Crippen LogP) is 2.30. The molecule has 0 aliphatic heterocycles. The van der Waals surface area contributed by atoms with Crippen LogP contribution in [0.25, 0.3) is 11.4 Å². The van der Waals surface area contributed by atoms with Gasteiger partial charge in [-0.25, -0.2) is 4.98 Å². The number of hydrogen-bond acceptors (Lipinski definition) is 4. The van der Waals surface area contributed by atoms with Crippen LogP contribution >= 0.6 is 0 Å². The van der Waals surface area contributed by atoms with E-state index in [4.69, 9.17) is 4.74 Å². The molecule has 2 aromatic rings. The Morgan fingerprint density at radius 3 is 2.76 bits per heavy atom. The maximum atomic E-state index is 11.0. The number of nitro groups is 1. The van der Waals surface area contributed by atoms with Gasteiger partial charge in [0.1, 0.15) is 11.6 Å². The number of nitro benzene ring substituents is 1. The minimum atomic E-state index is -0.449. The molecule has 6 nitrogen and oxygen atoms in total. The molecule has 0 aliphatic rings. The Kier molecular flexibility index (Phi) is 2.78. The summed E-state index contributed by atoms with van der Waals surface area (Å²) in [5.74, 6) is 0.931. The first kappa shape index (κ1) is 11.1. The quantitative estimate of drug-likeness (QED) is 0.651. The lowest BCUT2D eigenvalue weighted by molar-refractivity contribution is -0.384. The van der Waals surface area contributed by atoms with E-state index in [1.807, 2.05) is 6.92 Å². The molecule has 17 heavy (non-hydrogen) atoms. The molecule has 0 unspecified atom stereocenters. The number of ether oxygens (including phenoxy) is 1. The van der Waals surface area contributed by atoms with Crippen LogP contribution in [0.3, 0.4) is 0 Å². The molecular formula is C11H11N3O3. The fourth-order valence-corrected chi connectivity index (χ4v) is 1.54. The van der Waals surface area contributed by atoms with Crippen LogP contribution in [0.15, 0.2) is 24.4 Å². The minimum Gasteiger partial charge on any atom is -0.497 e. The molecule has 1 aromatic carbocycles. The lowest BCUT2D eigenvalue weighted by atomic mass is 10.1. The molecule has 0 amide bonds. The molecule has 88 valence electrons. The molecule has 2 rings (SSSR count). The van der Waals surface area contributed by atoms with E-state index in [0.717, 1.165) is 5.69 Å². The van der Waals surface area contributed by atoms with Gasteiger partial charge in [0.2, 0.25) is 0 Å². The van der Waals surface area contributed by atoms with E-state index < -0.39 is 4.92 Å².